The number of amides is 1. The Hall–Kier alpha value is -4.60. The van der Waals surface area contributed by atoms with Crippen molar-refractivity contribution in [2.45, 2.75) is 13.0 Å². The molecule has 10 nitrogen and oxygen atoms in total. The molecule has 1 aromatic heterocycles. The van der Waals surface area contributed by atoms with E-state index in [2.05, 4.69) is 30.3 Å². The second kappa shape index (κ2) is 13.1. The molecule has 0 aliphatic carbocycles. The summed E-state index contributed by atoms with van der Waals surface area (Å²) in [4.78, 5) is 22.8. The number of amidine groups is 1. The Balaban J connectivity index is 1.20. The molecule has 1 N–H and O–H groups in total. The Kier molecular flexibility index (Phi) is 9.13. The van der Waals surface area contributed by atoms with Crippen LogP contribution in [0.3, 0.4) is 0 Å². The van der Waals surface area contributed by atoms with Crippen molar-refractivity contribution < 1.29 is 27.4 Å². The maximum atomic E-state index is 12.6. The summed E-state index contributed by atoms with van der Waals surface area (Å²) < 4.78 is 47.8. The molecule has 0 spiro atoms. The highest BCUT2D eigenvalue weighted by Crippen LogP contribution is 2.30. The molecule has 15 heteroatoms. The Morgan fingerprint density at radius 2 is 1.86 bits per heavy atom. The molecule has 0 atom stereocenters. The van der Waals surface area contributed by atoms with E-state index in [4.69, 9.17) is 17.0 Å². The maximum absolute atomic E-state index is 12.6. The van der Waals surface area contributed by atoms with Gasteiger partial charge in [-0.1, -0.05) is 54.2 Å². The summed E-state index contributed by atoms with van der Waals surface area (Å²) in [5.74, 6) is 0.241. The third-order valence-electron chi connectivity index (χ3n) is 5.86. The van der Waals surface area contributed by atoms with Crippen LogP contribution in [0.4, 0.5) is 18.9 Å². The van der Waals surface area contributed by atoms with Gasteiger partial charge in [0.15, 0.2) is 11.0 Å². The van der Waals surface area contributed by atoms with Crippen molar-refractivity contribution in [3.8, 4) is 22.8 Å². The monoisotopic (exact) mass is 625 g/mol. The molecular weight excluding hydrogens is 603 g/mol. The largest absolute Gasteiger partial charge is 0.573 e. The third-order valence-corrected chi connectivity index (χ3v) is 6.97. The van der Waals surface area contributed by atoms with Gasteiger partial charge in [-0.05, 0) is 48.1 Å². The second-order valence-corrected chi connectivity index (χ2v) is 10.2. The van der Waals surface area contributed by atoms with Gasteiger partial charge in [0.1, 0.15) is 12.1 Å². The number of thioether (sulfide) groups is 1. The van der Waals surface area contributed by atoms with Crippen LogP contribution in [0.2, 0.25) is 0 Å². The Morgan fingerprint density at radius 1 is 1.12 bits per heavy atom. The number of rotatable bonds is 8. The molecule has 1 aliphatic rings. The average Bonchev–Trinajstić information content (AvgIpc) is 3.61. The molecule has 0 unspecified atom stereocenters. The number of thiocarbonyl (C=S) groups is 1. The predicted molar refractivity (Wildman–Crippen MR) is 161 cm³/mol. The smallest absolute Gasteiger partial charge is 0.406 e. The Labute approximate surface area is 253 Å². The highest BCUT2D eigenvalue weighted by atomic mass is 32.2. The molecule has 3 aromatic carbocycles. The van der Waals surface area contributed by atoms with E-state index in [1.165, 1.54) is 51.9 Å². The lowest BCUT2D eigenvalue weighted by Crippen LogP contribution is -2.31. The van der Waals surface area contributed by atoms with Crippen LogP contribution in [0.5, 0.6) is 5.75 Å². The quantitative estimate of drug-likeness (QED) is 0.159. The third kappa shape index (κ3) is 7.63. The second-order valence-electron chi connectivity index (χ2n) is 8.83. The molecule has 1 fully saturated rings. The molecule has 5 rings (SSSR count). The van der Waals surface area contributed by atoms with Crippen molar-refractivity contribution in [1.29, 1.82) is 0 Å². The summed E-state index contributed by atoms with van der Waals surface area (Å²) in [6.45, 7) is 0.347. The van der Waals surface area contributed by atoms with Gasteiger partial charge in [-0.3, -0.25) is 15.1 Å². The number of para-hydroxylation sites is 1. The van der Waals surface area contributed by atoms with E-state index in [9.17, 15) is 18.0 Å². The highest BCUT2D eigenvalue weighted by Gasteiger charge is 2.32. The maximum Gasteiger partial charge on any atom is 0.573 e. The number of anilines is 1. The van der Waals surface area contributed by atoms with Gasteiger partial charge in [0.25, 0.3) is 0 Å². The van der Waals surface area contributed by atoms with Crippen LogP contribution in [0.1, 0.15) is 11.1 Å². The average molecular weight is 626 g/mol. The van der Waals surface area contributed by atoms with Crippen molar-refractivity contribution in [3.05, 3.63) is 90.3 Å². The first kappa shape index (κ1) is 29.9. The van der Waals surface area contributed by atoms with E-state index < -0.39 is 6.36 Å². The van der Waals surface area contributed by atoms with Crippen LogP contribution in [0, 0.1) is 0 Å². The van der Waals surface area contributed by atoms with Crippen LogP contribution in [0.25, 0.3) is 17.1 Å². The van der Waals surface area contributed by atoms with Gasteiger partial charge in [0.05, 0.1) is 29.9 Å². The summed E-state index contributed by atoms with van der Waals surface area (Å²) in [5, 5.41) is 9.08. The molecule has 43 heavy (non-hydrogen) atoms. The number of aromatic nitrogens is 3. The summed E-state index contributed by atoms with van der Waals surface area (Å²) in [6, 6.07) is 20.0. The number of carbonyl (C=O) groups is 1. The number of ether oxygens (including phenoxy) is 2. The molecule has 0 saturated carbocycles. The van der Waals surface area contributed by atoms with Crippen LogP contribution in [0.15, 0.2) is 89.2 Å². The van der Waals surface area contributed by atoms with Crippen molar-refractivity contribution in [1.82, 2.24) is 20.2 Å². The van der Waals surface area contributed by atoms with Crippen LogP contribution in [-0.2, 0) is 16.1 Å². The van der Waals surface area contributed by atoms with Crippen molar-refractivity contribution in [2.24, 2.45) is 10.1 Å². The number of halogens is 3. The van der Waals surface area contributed by atoms with Gasteiger partial charge in [-0.15, -0.1) is 18.3 Å². The van der Waals surface area contributed by atoms with Gasteiger partial charge in [0.2, 0.25) is 11.0 Å². The molecule has 0 bridgehead atoms. The van der Waals surface area contributed by atoms with Crippen molar-refractivity contribution >= 4 is 52.1 Å². The van der Waals surface area contributed by atoms with Crippen LogP contribution < -0.4 is 15.1 Å². The fourth-order valence-electron chi connectivity index (χ4n) is 4.00. The van der Waals surface area contributed by atoms with Gasteiger partial charge < -0.3 is 9.47 Å². The number of hydrogen-bond donors (Lipinski definition) is 1. The van der Waals surface area contributed by atoms with E-state index in [0.29, 0.717) is 29.0 Å². The number of benzene rings is 3. The van der Waals surface area contributed by atoms with E-state index in [1.807, 2.05) is 24.3 Å². The summed E-state index contributed by atoms with van der Waals surface area (Å²) in [5.41, 5.74) is 6.25. The molecule has 2 heterocycles. The molecule has 1 aliphatic heterocycles. The fraction of sp³-hybridized carbons (Fsp3) is 0.143. The molecule has 4 aromatic rings. The topological polar surface area (TPSA) is 106 Å². The van der Waals surface area contributed by atoms with Gasteiger partial charge >= 0.3 is 6.36 Å². The minimum absolute atomic E-state index is 0.0898. The zero-order chi connectivity index (χ0) is 30.4. The fourth-order valence-corrected chi connectivity index (χ4v) is 5.06. The first-order valence-electron chi connectivity index (χ1n) is 12.5. The SMILES string of the molecule is COCc1ccccc1N1C(=O)CS/C1=N\C(=S)N/N=C/c1ccc(-c2ncn(-c3ccc(OC(F)(F)F)cc3)n2)cc1. The predicted octanol–water partition coefficient (Wildman–Crippen LogP) is 5.32. The molecule has 1 saturated heterocycles. The number of hydrogen-bond acceptors (Lipinski definition) is 8. The lowest BCUT2D eigenvalue weighted by atomic mass is 10.1. The van der Waals surface area contributed by atoms with Crippen LogP contribution in [-0.4, -0.2) is 56.4 Å². The molecule has 0 radical (unpaired) electrons. The first-order valence-corrected chi connectivity index (χ1v) is 13.9. The number of aliphatic imine (C=N–C) groups is 1. The lowest BCUT2D eigenvalue weighted by Gasteiger charge is -2.19. The first-order chi connectivity index (χ1) is 20.7. The van der Waals surface area contributed by atoms with Crippen LogP contribution >= 0.6 is 24.0 Å². The number of nitrogens with zero attached hydrogens (tertiary/aromatic N) is 6. The summed E-state index contributed by atoms with van der Waals surface area (Å²) in [6.07, 6.45) is -1.74. The standard InChI is InChI=1S/C28H22F3N7O3S2/c1-40-15-20-4-2-3-5-23(20)38-24(39)16-43-27(38)34-26(42)35-33-14-18-6-8-19(9-7-18)25-32-17-37(36-25)21-10-12-22(13-11-21)41-28(29,30)31/h2-14,17H,15-16H2,1H3,(H,35,42)/b33-14+,34-27-. The number of methoxy groups -OCH3 is 1. The number of nitrogens with one attached hydrogen (secondary N) is 1. The van der Waals surface area contributed by atoms with E-state index in [-0.39, 0.29) is 22.5 Å². The van der Waals surface area contributed by atoms with Gasteiger partial charge in [0, 0.05) is 18.2 Å². The van der Waals surface area contributed by atoms with Crippen molar-refractivity contribution in [3.63, 3.8) is 0 Å². The Bertz CT molecular complexity index is 1670. The highest BCUT2D eigenvalue weighted by molar-refractivity contribution is 8.15. The summed E-state index contributed by atoms with van der Waals surface area (Å²) in [7, 11) is 1.59. The number of hydrazone groups is 1. The van der Waals surface area contributed by atoms with E-state index >= 15 is 0 Å². The molecule has 1 amide bonds. The van der Waals surface area contributed by atoms with Gasteiger partial charge in [-0.2, -0.15) is 10.1 Å². The molecular formula is C28H22F3N7O3S2. The minimum atomic E-state index is -4.76. The zero-order valence-electron chi connectivity index (χ0n) is 22.4. The number of alkyl halides is 3. The molecule has 220 valence electrons. The minimum Gasteiger partial charge on any atom is -0.406 e. The summed E-state index contributed by atoms with van der Waals surface area (Å²) >= 11 is 6.61. The van der Waals surface area contributed by atoms with E-state index in [0.717, 1.165) is 16.7 Å². The number of carbonyl (C=O) groups excluding carboxylic acids is 1. The van der Waals surface area contributed by atoms with Gasteiger partial charge in [-0.25, -0.2) is 9.67 Å². The Morgan fingerprint density at radius 3 is 2.58 bits per heavy atom. The lowest BCUT2D eigenvalue weighted by molar-refractivity contribution is -0.274. The van der Waals surface area contributed by atoms with E-state index in [1.54, 1.807) is 37.6 Å². The zero-order valence-corrected chi connectivity index (χ0v) is 24.0. The normalized spacial score (nSPS) is 14.6. The van der Waals surface area contributed by atoms with Crippen molar-refractivity contribution in [2.75, 3.05) is 17.8 Å².